The van der Waals surface area contributed by atoms with Gasteiger partial charge in [-0.3, -0.25) is 0 Å². The van der Waals surface area contributed by atoms with Gasteiger partial charge in [-0.2, -0.15) is 0 Å². The van der Waals surface area contributed by atoms with Gasteiger partial charge >= 0.3 is 16.5 Å². The van der Waals surface area contributed by atoms with Gasteiger partial charge in [0.1, 0.15) is 5.75 Å². The van der Waals surface area contributed by atoms with Gasteiger partial charge in [-0.05, 0) is 42.6 Å². The molecule has 1 rings (SSSR count). The van der Waals surface area contributed by atoms with Crippen LogP contribution in [0.25, 0.3) is 0 Å². The SMILES string of the molecule is CCCCC(Cc1ccc(O)cc1)CP(=O)([O-])[O-].[Ni+2]. The molecule has 0 radical (unpaired) electrons. The van der Waals surface area contributed by atoms with Gasteiger partial charge in [-0.1, -0.05) is 39.5 Å². The first kappa shape index (κ1) is 18.7. The van der Waals surface area contributed by atoms with Crippen LogP contribution >= 0.6 is 7.60 Å². The molecule has 1 atom stereocenters. The van der Waals surface area contributed by atoms with Crippen LogP contribution in [0.2, 0.25) is 0 Å². The van der Waals surface area contributed by atoms with E-state index in [9.17, 15) is 19.5 Å². The molecule has 0 bridgehead atoms. The molecule has 0 fully saturated rings. The van der Waals surface area contributed by atoms with E-state index >= 15 is 0 Å². The van der Waals surface area contributed by atoms with Crippen LogP contribution in [0.3, 0.4) is 0 Å². The van der Waals surface area contributed by atoms with Crippen molar-refractivity contribution in [3.05, 3.63) is 29.8 Å². The Hall–Kier alpha value is -0.336. The molecule has 1 unspecified atom stereocenters. The summed E-state index contributed by atoms with van der Waals surface area (Å²) in [5.74, 6) is 0.0532. The predicted octanol–water partition coefficient (Wildman–Crippen LogP) is 1.65. The number of hydrogen-bond donors (Lipinski definition) is 1. The van der Waals surface area contributed by atoms with E-state index in [1.165, 1.54) is 0 Å². The fraction of sp³-hybridized carbons (Fsp3) is 0.538. The van der Waals surface area contributed by atoms with E-state index in [-0.39, 0.29) is 34.3 Å². The van der Waals surface area contributed by atoms with E-state index in [0.717, 1.165) is 24.8 Å². The zero-order chi connectivity index (χ0) is 13.6. The molecule has 6 heteroatoms. The topological polar surface area (TPSA) is 83.4 Å². The normalized spacial score (nSPS) is 12.8. The molecule has 4 nitrogen and oxygen atoms in total. The summed E-state index contributed by atoms with van der Waals surface area (Å²) in [5.41, 5.74) is 0.947. The Bertz CT molecular complexity index is 402. The van der Waals surface area contributed by atoms with E-state index in [4.69, 9.17) is 0 Å². The Morgan fingerprint density at radius 1 is 1.26 bits per heavy atom. The summed E-state index contributed by atoms with van der Waals surface area (Å²) in [4.78, 5) is 21.8. The molecule has 1 N–H and O–H groups in total. The monoisotopic (exact) mass is 328 g/mol. The van der Waals surface area contributed by atoms with Gasteiger partial charge < -0.3 is 19.5 Å². The average Bonchev–Trinajstić information content (AvgIpc) is 2.27. The summed E-state index contributed by atoms with van der Waals surface area (Å²) in [6, 6.07) is 6.66. The summed E-state index contributed by atoms with van der Waals surface area (Å²) in [6.07, 6.45) is 2.92. The maximum atomic E-state index is 10.9. The molecule has 0 aliphatic heterocycles. The van der Waals surface area contributed by atoms with Crippen molar-refractivity contribution in [1.29, 1.82) is 0 Å². The Morgan fingerprint density at radius 2 is 1.84 bits per heavy atom. The number of phenols is 1. The first-order valence-electron chi connectivity index (χ1n) is 6.19. The van der Waals surface area contributed by atoms with Crippen molar-refractivity contribution in [2.45, 2.75) is 32.6 Å². The second kappa shape index (κ2) is 8.76. The second-order valence-electron chi connectivity index (χ2n) is 4.67. The van der Waals surface area contributed by atoms with Crippen molar-refractivity contribution in [2.24, 2.45) is 5.92 Å². The number of unbranched alkanes of at least 4 members (excludes halogenated alkanes) is 1. The summed E-state index contributed by atoms with van der Waals surface area (Å²) in [5, 5.41) is 9.17. The summed E-state index contributed by atoms with van der Waals surface area (Å²) < 4.78 is 10.9. The molecule has 110 valence electrons. The Labute approximate surface area is 124 Å². The van der Waals surface area contributed by atoms with Crippen molar-refractivity contribution < 1.29 is 35.9 Å². The van der Waals surface area contributed by atoms with Crippen LogP contribution in [0.5, 0.6) is 5.75 Å². The van der Waals surface area contributed by atoms with Gasteiger partial charge in [0.2, 0.25) is 0 Å². The van der Waals surface area contributed by atoms with Gasteiger partial charge in [0, 0.05) is 0 Å². The van der Waals surface area contributed by atoms with Crippen molar-refractivity contribution in [1.82, 2.24) is 0 Å². The summed E-state index contributed by atoms with van der Waals surface area (Å²) in [6.45, 7) is 2.03. The third-order valence-corrected chi connectivity index (χ3v) is 3.87. The standard InChI is InChI=1S/C13H21O4P.Ni/c1-2-3-4-12(10-18(15,16)17)9-11-5-7-13(14)8-6-11;/h5-8,12,14H,2-4,9-10H2,1H3,(H2,15,16,17);/q;+2/p-2. The number of rotatable bonds is 7. The molecule has 0 saturated heterocycles. The van der Waals surface area contributed by atoms with Crippen LogP contribution in [0, 0.1) is 5.92 Å². The first-order valence-corrected chi connectivity index (χ1v) is 7.92. The van der Waals surface area contributed by atoms with Gasteiger partial charge in [0.15, 0.2) is 0 Å². The smallest absolute Gasteiger partial charge is 0.811 e. The molecule has 0 heterocycles. The zero-order valence-electron chi connectivity index (χ0n) is 10.9. The minimum atomic E-state index is -4.46. The third kappa shape index (κ3) is 8.44. The largest absolute Gasteiger partial charge is 2.00 e. The fourth-order valence-electron chi connectivity index (χ4n) is 2.03. The first-order chi connectivity index (χ1) is 8.40. The van der Waals surface area contributed by atoms with Crippen LogP contribution in [0.15, 0.2) is 24.3 Å². The van der Waals surface area contributed by atoms with Crippen LogP contribution < -0.4 is 9.79 Å². The van der Waals surface area contributed by atoms with E-state index in [1.807, 2.05) is 6.92 Å². The van der Waals surface area contributed by atoms with E-state index in [0.29, 0.717) is 6.42 Å². The molecule has 19 heavy (non-hydrogen) atoms. The molecule has 0 saturated carbocycles. The molecular weight excluding hydrogens is 310 g/mol. The van der Waals surface area contributed by atoms with Crippen LogP contribution in [0.4, 0.5) is 0 Å². The number of benzene rings is 1. The van der Waals surface area contributed by atoms with E-state index in [2.05, 4.69) is 0 Å². The van der Waals surface area contributed by atoms with Crippen molar-refractivity contribution in [2.75, 3.05) is 6.16 Å². The summed E-state index contributed by atoms with van der Waals surface area (Å²) in [7, 11) is -4.46. The van der Waals surface area contributed by atoms with Gasteiger partial charge in [-0.15, -0.1) is 0 Å². The molecule has 0 amide bonds. The quantitative estimate of drug-likeness (QED) is 0.609. The van der Waals surface area contributed by atoms with Crippen LogP contribution in [-0.4, -0.2) is 11.3 Å². The zero-order valence-corrected chi connectivity index (χ0v) is 12.7. The minimum Gasteiger partial charge on any atom is -0.811 e. The number of phenolic OH excluding ortho intramolecular Hbond substituents is 1. The molecule has 0 aromatic heterocycles. The van der Waals surface area contributed by atoms with Gasteiger partial charge in [0.05, 0.1) is 0 Å². The molecule has 1 aromatic rings. The fourth-order valence-corrected chi connectivity index (χ4v) is 2.98. The maximum absolute atomic E-state index is 10.9. The third-order valence-electron chi connectivity index (χ3n) is 2.91. The van der Waals surface area contributed by atoms with E-state index in [1.54, 1.807) is 24.3 Å². The predicted molar refractivity (Wildman–Crippen MR) is 67.3 cm³/mol. The maximum Gasteiger partial charge on any atom is 2.00 e. The van der Waals surface area contributed by atoms with E-state index < -0.39 is 7.60 Å². The number of hydrogen-bond acceptors (Lipinski definition) is 4. The molecule has 1 aromatic carbocycles. The average molecular weight is 329 g/mol. The van der Waals surface area contributed by atoms with Gasteiger partial charge in [-0.25, -0.2) is 0 Å². The Balaban J connectivity index is 0.00000324. The molecule has 0 aliphatic rings. The second-order valence-corrected chi connectivity index (χ2v) is 6.26. The summed E-state index contributed by atoms with van der Waals surface area (Å²) >= 11 is 0. The van der Waals surface area contributed by atoms with Crippen LogP contribution in [0.1, 0.15) is 31.7 Å². The number of aromatic hydroxyl groups is 1. The molecule has 0 spiro atoms. The van der Waals surface area contributed by atoms with Crippen LogP contribution in [-0.2, 0) is 27.5 Å². The Kier molecular flexibility index (Phi) is 8.60. The minimum absolute atomic E-state index is 0. The Morgan fingerprint density at radius 3 is 2.32 bits per heavy atom. The van der Waals surface area contributed by atoms with Crippen molar-refractivity contribution >= 4 is 7.60 Å². The molecule has 0 aliphatic carbocycles. The van der Waals surface area contributed by atoms with Crippen molar-refractivity contribution in [3.8, 4) is 5.75 Å². The van der Waals surface area contributed by atoms with Crippen molar-refractivity contribution in [3.63, 3.8) is 0 Å². The van der Waals surface area contributed by atoms with Gasteiger partial charge in [0.25, 0.3) is 0 Å². The molecular formula is C13H19NiO4P.